The largest absolute Gasteiger partial charge is 0.466 e. The van der Waals surface area contributed by atoms with Gasteiger partial charge in [-0.1, -0.05) is 404 Å². The molecule has 0 aromatic heterocycles. The summed E-state index contributed by atoms with van der Waals surface area (Å²) in [6.07, 6.45) is 101. The van der Waals surface area contributed by atoms with E-state index in [-0.39, 0.29) is 18.5 Å². The summed E-state index contributed by atoms with van der Waals surface area (Å²) in [6.45, 7) is 5.01. The van der Waals surface area contributed by atoms with Crippen LogP contribution in [0.3, 0.4) is 0 Å². The SMILES string of the molecule is CCCCCCCC/C=C\CCCCCCCCCCCC(=O)OCCCCCCCCCCCCCC/C=C\CCCCCCCCCCCCCCCCC(=O)NC(CO)C(O)CCCCCCCCCCCCCCCCCCCCCCCCC. The number of aliphatic hydroxyl groups is 2. The molecule has 3 N–H and O–H groups in total. The molecular weight excluding hydrogens is 1090 g/mol. The molecule has 0 bridgehead atoms. The lowest BCUT2D eigenvalue weighted by molar-refractivity contribution is -0.143. The summed E-state index contributed by atoms with van der Waals surface area (Å²) in [6, 6.07) is -0.542. The van der Waals surface area contributed by atoms with Crippen LogP contribution in [-0.4, -0.2) is 47.4 Å². The zero-order valence-electron chi connectivity index (χ0n) is 60.7. The van der Waals surface area contributed by atoms with Crippen LogP contribution in [0.5, 0.6) is 0 Å². The van der Waals surface area contributed by atoms with Gasteiger partial charge in [0.15, 0.2) is 0 Å². The van der Waals surface area contributed by atoms with Crippen molar-refractivity contribution in [2.75, 3.05) is 13.2 Å². The van der Waals surface area contributed by atoms with E-state index in [0.717, 1.165) is 38.5 Å². The third-order valence-corrected chi connectivity index (χ3v) is 19.5. The number of ether oxygens (including phenoxy) is 1. The fraction of sp³-hybridized carbons (Fsp3) is 0.928. The second-order valence-electron chi connectivity index (χ2n) is 28.5. The van der Waals surface area contributed by atoms with E-state index < -0.39 is 12.1 Å². The monoisotopic (exact) mass is 1250 g/mol. The Morgan fingerprint density at radius 3 is 0.798 bits per heavy atom. The fourth-order valence-corrected chi connectivity index (χ4v) is 13.2. The maximum Gasteiger partial charge on any atom is 0.305 e. The summed E-state index contributed by atoms with van der Waals surface area (Å²) in [5.41, 5.74) is 0. The van der Waals surface area contributed by atoms with Crippen LogP contribution in [-0.2, 0) is 14.3 Å². The molecule has 2 unspecified atom stereocenters. The van der Waals surface area contributed by atoms with Crippen molar-refractivity contribution >= 4 is 11.9 Å². The van der Waals surface area contributed by atoms with Crippen LogP contribution in [0.1, 0.15) is 470 Å². The Morgan fingerprint density at radius 1 is 0.303 bits per heavy atom. The molecule has 2 atom stereocenters. The molecule has 528 valence electrons. The van der Waals surface area contributed by atoms with E-state index in [4.69, 9.17) is 4.74 Å². The summed E-state index contributed by atoms with van der Waals surface area (Å²) in [7, 11) is 0. The normalized spacial score (nSPS) is 12.5. The molecule has 0 saturated heterocycles. The van der Waals surface area contributed by atoms with Crippen molar-refractivity contribution in [3.8, 4) is 0 Å². The predicted molar refractivity (Wildman–Crippen MR) is 393 cm³/mol. The van der Waals surface area contributed by atoms with Crippen molar-refractivity contribution in [3.05, 3.63) is 24.3 Å². The van der Waals surface area contributed by atoms with E-state index in [1.807, 2.05) is 0 Å². The van der Waals surface area contributed by atoms with Gasteiger partial charge in [0.1, 0.15) is 0 Å². The van der Waals surface area contributed by atoms with E-state index in [9.17, 15) is 19.8 Å². The van der Waals surface area contributed by atoms with Crippen LogP contribution < -0.4 is 5.32 Å². The van der Waals surface area contributed by atoms with Gasteiger partial charge in [-0.3, -0.25) is 9.59 Å². The summed E-state index contributed by atoms with van der Waals surface area (Å²) in [5.74, 6) is -0.00974. The summed E-state index contributed by atoms with van der Waals surface area (Å²) < 4.78 is 5.52. The molecule has 0 rings (SSSR count). The maximum absolute atomic E-state index is 12.6. The molecule has 0 radical (unpaired) electrons. The van der Waals surface area contributed by atoms with Gasteiger partial charge in [-0.2, -0.15) is 0 Å². The van der Waals surface area contributed by atoms with Crippen molar-refractivity contribution in [1.29, 1.82) is 0 Å². The number of nitrogens with one attached hydrogen (secondary N) is 1. The van der Waals surface area contributed by atoms with Gasteiger partial charge in [0.25, 0.3) is 0 Å². The molecule has 0 aliphatic carbocycles. The summed E-state index contributed by atoms with van der Waals surface area (Å²) >= 11 is 0. The quantitative estimate of drug-likeness (QED) is 0.0320. The van der Waals surface area contributed by atoms with Crippen molar-refractivity contribution in [1.82, 2.24) is 5.32 Å². The highest BCUT2D eigenvalue weighted by atomic mass is 16.5. The van der Waals surface area contributed by atoms with Gasteiger partial charge >= 0.3 is 5.97 Å². The number of aliphatic hydroxyl groups excluding tert-OH is 2. The molecule has 0 saturated carbocycles. The molecule has 89 heavy (non-hydrogen) atoms. The second-order valence-corrected chi connectivity index (χ2v) is 28.5. The fourth-order valence-electron chi connectivity index (χ4n) is 13.2. The minimum absolute atomic E-state index is 0.0180. The Labute approximate surface area is 558 Å². The molecule has 6 heteroatoms. The number of rotatable bonds is 78. The Balaban J connectivity index is 3.35. The lowest BCUT2D eigenvalue weighted by Gasteiger charge is -2.22. The molecule has 0 heterocycles. The summed E-state index contributed by atoms with van der Waals surface area (Å²) in [4.78, 5) is 24.7. The number of esters is 1. The highest BCUT2D eigenvalue weighted by Gasteiger charge is 2.20. The van der Waals surface area contributed by atoms with Crippen molar-refractivity contribution < 1.29 is 24.5 Å². The van der Waals surface area contributed by atoms with Gasteiger partial charge in [-0.15, -0.1) is 0 Å². The Hall–Kier alpha value is -1.66. The van der Waals surface area contributed by atoms with Gasteiger partial charge in [0, 0.05) is 12.8 Å². The zero-order chi connectivity index (χ0) is 64.2. The first-order valence-corrected chi connectivity index (χ1v) is 41.1. The number of carbonyl (C=O) groups excluding carboxylic acids is 2. The average Bonchev–Trinajstić information content (AvgIpc) is 3.60. The third kappa shape index (κ3) is 75.3. The lowest BCUT2D eigenvalue weighted by atomic mass is 10.0. The molecular formula is C83H161NO5. The van der Waals surface area contributed by atoms with Crippen LogP contribution in [0.25, 0.3) is 0 Å². The molecule has 1 amide bonds. The number of allylic oxidation sites excluding steroid dienone is 4. The molecule has 0 spiro atoms. The lowest BCUT2D eigenvalue weighted by Crippen LogP contribution is -2.45. The minimum Gasteiger partial charge on any atom is -0.466 e. The molecule has 0 aliphatic heterocycles. The van der Waals surface area contributed by atoms with Crippen molar-refractivity contribution in [2.24, 2.45) is 0 Å². The molecule has 0 fully saturated rings. The number of amides is 1. The van der Waals surface area contributed by atoms with Crippen LogP contribution >= 0.6 is 0 Å². The second kappa shape index (κ2) is 78.8. The van der Waals surface area contributed by atoms with E-state index in [0.29, 0.717) is 25.9 Å². The van der Waals surface area contributed by atoms with E-state index in [2.05, 4.69) is 43.5 Å². The van der Waals surface area contributed by atoms with Gasteiger partial charge < -0.3 is 20.3 Å². The molecule has 0 aromatic rings. The number of hydrogen-bond acceptors (Lipinski definition) is 5. The standard InChI is InChI=1S/C83H161NO5/c1-3-5-7-9-11-13-15-17-19-21-23-24-33-36-40-43-47-51-55-59-63-67-71-75-81(86)80(79-85)84-82(87)76-72-68-64-60-56-52-48-44-41-37-34-31-29-27-25-26-28-30-32-35-38-42-46-50-54-58-62-66-70-74-78-89-83(88)77-73-69-65-61-57-53-49-45-39-22-20-18-16-14-12-10-8-6-4-2/h18,20,26,28,80-81,85-86H,3-17,19,21-25,27,29-79H2,1-2H3,(H,84,87)/b20-18-,28-26-. The van der Waals surface area contributed by atoms with Crippen LogP contribution in [0, 0.1) is 0 Å². The number of unbranched alkanes of at least 4 members (excludes halogenated alkanes) is 63. The van der Waals surface area contributed by atoms with Crippen molar-refractivity contribution in [3.63, 3.8) is 0 Å². The average molecular weight is 1250 g/mol. The van der Waals surface area contributed by atoms with Crippen LogP contribution in [0.2, 0.25) is 0 Å². The first-order chi connectivity index (χ1) is 44.0. The van der Waals surface area contributed by atoms with E-state index in [1.165, 1.54) is 398 Å². The van der Waals surface area contributed by atoms with E-state index >= 15 is 0 Å². The van der Waals surface area contributed by atoms with Gasteiger partial charge in [0.2, 0.25) is 5.91 Å². The van der Waals surface area contributed by atoms with Crippen molar-refractivity contribution in [2.45, 2.75) is 482 Å². The van der Waals surface area contributed by atoms with Gasteiger partial charge in [-0.25, -0.2) is 0 Å². The highest BCUT2D eigenvalue weighted by Crippen LogP contribution is 2.20. The van der Waals surface area contributed by atoms with E-state index in [1.54, 1.807) is 0 Å². The maximum atomic E-state index is 12.6. The number of hydrogen-bond donors (Lipinski definition) is 3. The van der Waals surface area contributed by atoms with Gasteiger partial charge in [-0.05, 0) is 77.0 Å². The predicted octanol–water partition coefficient (Wildman–Crippen LogP) is 27.2. The smallest absolute Gasteiger partial charge is 0.305 e. The Morgan fingerprint density at radius 2 is 0.528 bits per heavy atom. The summed E-state index contributed by atoms with van der Waals surface area (Å²) in [5, 5.41) is 23.5. The zero-order valence-corrected chi connectivity index (χ0v) is 60.7. The molecule has 0 aromatic carbocycles. The Bertz CT molecular complexity index is 1400. The van der Waals surface area contributed by atoms with Gasteiger partial charge in [0.05, 0.1) is 25.4 Å². The third-order valence-electron chi connectivity index (χ3n) is 19.5. The first kappa shape index (κ1) is 87.3. The van der Waals surface area contributed by atoms with Crippen LogP contribution in [0.15, 0.2) is 24.3 Å². The highest BCUT2D eigenvalue weighted by molar-refractivity contribution is 5.76. The molecule has 6 nitrogen and oxygen atoms in total. The molecule has 0 aliphatic rings. The topological polar surface area (TPSA) is 95.9 Å². The number of carbonyl (C=O) groups is 2. The minimum atomic E-state index is -0.665. The Kier molecular flexibility index (Phi) is 77.3. The first-order valence-electron chi connectivity index (χ1n) is 41.1. The van der Waals surface area contributed by atoms with Crippen LogP contribution in [0.4, 0.5) is 0 Å².